The summed E-state index contributed by atoms with van der Waals surface area (Å²) in [5.74, 6) is 0.451. The molecule has 0 saturated heterocycles. The highest BCUT2D eigenvalue weighted by Crippen LogP contribution is 2.09. The molecule has 0 aliphatic rings. The molecule has 2 N–H and O–H groups in total. The fourth-order valence-corrected chi connectivity index (χ4v) is 1.26. The summed E-state index contributed by atoms with van der Waals surface area (Å²) < 4.78 is 0. The second-order valence-corrected chi connectivity index (χ2v) is 3.83. The van der Waals surface area contributed by atoms with E-state index in [0.717, 1.165) is 5.56 Å². The van der Waals surface area contributed by atoms with Gasteiger partial charge in [0.15, 0.2) is 5.78 Å². The molecule has 0 heterocycles. The maximum Gasteiger partial charge on any atom is 0.163 e. The fraction of sp³-hybridized carbons (Fsp3) is 0.417. The van der Waals surface area contributed by atoms with E-state index in [0.29, 0.717) is 13.0 Å². The van der Waals surface area contributed by atoms with Gasteiger partial charge >= 0.3 is 0 Å². The zero-order valence-corrected chi connectivity index (χ0v) is 8.79. The van der Waals surface area contributed by atoms with Crippen molar-refractivity contribution in [2.24, 2.45) is 11.7 Å². The number of benzene rings is 1. The van der Waals surface area contributed by atoms with E-state index in [1.807, 2.05) is 38.1 Å². The summed E-state index contributed by atoms with van der Waals surface area (Å²) in [7, 11) is 0. The molecular weight excluding hydrogens is 174 g/mol. The number of carbonyl (C=O) groups is 1. The van der Waals surface area contributed by atoms with Crippen LogP contribution in [0, 0.1) is 12.8 Å². The van der Waals surface area contributed by atoms with Crippen molar-refractivity contribution >= 4 is 5.78 Å². The second-order valence-electron chi connectivity index (χ2n) is 3.83. The Hall–Kier alpha value is -1.15. The van der Waals surface area contributed by atoms with Gasteiger partial charge in [-0.05, 0) is 19.4 Å². The van der Waals surface area contributed by atoms with Gasteiger partial charge in [0.05, 0.1) is 0 Å². The van der Waals surface area contributed by atoms with E-state index < -0.39 is 0 Å². The van der Waals surface area contributed by atoms with Gasteiger partial charge in [-0.15, -0.1) is 0 Å². The van der Waals surface area contributed by atoms with Crippen molar-refractivity contribution in [1.82, 2.24) is 0 Å². The summed E-state index contributed by atoms with van der Waals surface area (Å²) in [5.41, 5.74) is 7.43. The van der Waals surface area contributed by atoms with Crippen molar-refractivity contribution in [2.75, 3.05) is 6.54 Å². The highest BCUT2D eigenvalue weighted by atomic mass is 16.1. The van der Waals surface area contributed by atoms with Gasteiger partial charge in [-0.3, -0.25) is 4.79 Å². The number of nitrogens with two attached hydrogens (primary N) is 1. The Morgan fingerprint density at radius 1 is 1.36 bits per heavy atom. The third-order valence-corrected chi connectivity index (χ3v) is 2.31. The Morgan fingerprint density at radius 3 is 2.43 bits per heavy atom. The van der Waals surface area contributed by atoms with Crippen LogP contribution < -0.4 is 5.73 Å². The number of Topliss-reactive ketones (excluding diaryl/α,β-unsaturated/α-hetero) is 1. The molecule has 1 unspecified atom stereocenters. The molecule has 14 heavy (non-hydrogen) atoms. The Morgan fingerprint density at radius 2 is 1.93 bits per heavy atom. The van der Waals surface area contributed by atoms with Gasteiger partial charge in [-0.2, -0.15) is 0 Å². The van der Waals surface area contributed by atoms with E-state index in [1.165, 1.54) is 5.56 Å². The third kappa shape index (κ3) is 2.96. The number of rotatable bonds is 4. The van der Waals surface area contributed by atoms with E-state index in [4.69, 9.17) is 5.73 Å². The van der Waals surface area contributed by atoms with E-state index in [-0.39, 0.29) is 11.7 Å². The van der Waals surface area contributed by atoms with Crippen molar-refractivity contribution in [1.29, 1.82) is 0 Å². The van der Waals surface area contributed by atoms with Gasteiger partial charge in [0.25, 0.3) is 0 Å². The zero-order chi connectivity index (χ0) is 10.6. The Bertz CT molecular complexity index is 303. The molecule has 1 rings (SSSR count). The highest BCUT2D eigenvalue weighted by molar-refractivity contribution is 5.96. The number of hydrogen-bond donors (Lipinski definition) is 1. The normalized spacial score (nSPS) is 12.5. The molecule has 1 aromatic rings. The van der Waals surface area contributed by atoms with Gasteiger partial charge < -0.3 is 5.73 Å². The van der Waals surface area contributed by atoms with Crippen molar-refractivity contribution in [3.8, 4) is 0 Å². The Labute approximate surface area is 85.1 Å². The van der Waals surface area contributed by atoms with Crippen LogP contribution in [0.3, 0.4) is 0 Å². The van der Waals surface area contributed by atoms with Crippen LogP contribution in [0.4, 0.5) is 0 Å². The van der Waals surface area contributed by atoms with E-state index >= 15 is 0 Å². The monoisotopic (exact) mass is 191 g/mol. The molecule has 1 atom stereocenters. The molecule has 0 bridgehead atoms. The smallest absolute Gasteiger partial charge is 0.163 e. The predicted octanol–water partition coefficient (Wildman–Crippen LogP) is 2.16. The average molecular weight is 191 g/mol. The minimum Gasteiger partial charge on any atom is -0.330 e. The number of carbonyl (C=O) groups excluding carboxylic acids is 1. The van der Waals surface area contributed by atoms with Crippen LogP contribution in [0.1, 0.15) is 29.3 Å². The first-order valence-corrected chi connectivity index (χ1v) is 4.93. The Balaban J connectivity index is 2.65. The average Bonchev–Trinajstić information content (AvgIpc) is 2.18. The second kappa shape index (κ2) is 4.91. The summed E-state index contributed by atoms with van der Waals surface area (Å²) in [6.45, 7) is 4.57. The number of hydrogen-bond acceptors (Lipinski definition) is 2. The van der Waals surface area contributed by atoms with E-state index in [2.05, 4.69) is 0 Å². The third-order valence-electron chi connectivity index (χ3n) is 2.31. The molecule has 2 nitrogen and oxygen atoms in total. The van der Waals surface area contributed by atoms with Gasteiger partial charge in [0.1, 0.15) is 0 Å². The van der Waals surface area contributed by atoms with Gasteiger partial charge in [-0.25, -0.2) is 0 Å². The van der Waals surface area contributed by atoms with Gasteiger partial charge in [-0.1, -0.05) is 36.8 Å². The zero-order valence-electron chi connectivity index (χ0n) is 8.79. The largest absolute Gasteiger partial charge is 0.330 e. The van der Waals surface area contributed by atoms with Gasteiger partial charge in [0.2, 0.25) is 0 Å². The molecule has 0 aliphatic heterocycles. The first kappa shape index (κ1) is 10.9. The van der Waals surface area contributed by atoms with Crippen molar-refractivity contribution in [2.45, 2.75) is 20.3 Å². The standard InChI is InChI=1S/C12H17NO/c1-9-3-5-11(6-4-9)12(14)7-10(2)8-13/h3-6,10H,7-8,13H2,1-2H3. The molecule has 2 heteroatoms. The highest BCUT2D eigenvalue weighted by Gasteiger charge is 2.09. The number of ketones is 1. The molecule has 1 aromatic carbocycles. The fourth-order valence-electron chi connectivity index (χ4n) is 1.26. The van der Waals surface area contributed by atoms with E-state index in [9.17, 15) is 4.79 Å². The van der Waals surface area contributed by atoms with Crippen molar-refractivity contribution in [3.05, 3.63) is 35.4 Å². The molecule has 0 fully saturated rings. The van der Waals surface area contributed by atoms with Gasteiger partial charge in [0, 0.05) is 12.0 Å². The molecule has 0 spiro atoms. The lowest BCUT2D eigenvalue weighted by atomic mass is 9.99. The predicted molar refractivity (Wildman–Crippen MR) is 58.3 cm³/mol. The SMILES string of the molecule is Cc1ccc(C(=O)CC(C)CN)cc1. The Kier molecular flexibility index (Phi) is 3.84. The summed E-state index contributed by atoms with van der Waals surface area (Å²) in [6.07, 6.45) is 0.541. The summed E-state index contributed by atoms with van der Waals surface area (Å²) >= 11 is 0. The molecule has 0 amide bonds. The van der Waals surface area contributed by atoms with Crippen LogP contribution in [-0.2, 0) is 0 Å². The summed E-state index contributed by atoms with van der Waals surface area (Å²) in [6, 6.07) is 7.67. The lowest BCUT2D eigenvalue weighted by Crippen LogP contribution is -2.15. The lowest BCUT2D eigenvalue weighted by molar-refractivity contribution is 0.0966. The minimum atomic E-state index is 0.183. The number of aryl methyl sites for hydroxylation is 1. The minimum absolute atomic E-state index is 0.183. The summed E-state index contributed by atoms with van der Waals surface area (Å²) in [4.78, 5) is 11.7. The summed E-state index contributed by atoms with van der Waals surface area (Å²) in [5, 5.41) is 0. The topological polar surface area (TPSA) is 43.1 Å². The maximum atomic E-state index is 11.7. The van der Waals surface area contributed by atoms with E-state index in [1.54, 1.807) is 0 Å². The van der Waals surface area contributed by atoms with Crippen LogP contribution in [-0.4, -0.2) is 12.3 Å². The van der Waals surface area contributed by atoms with Crippen LogP contribution in [0.25, 0.3) is 0 Å². The molecular formula is C12H17NO. The van der Waals surface area contributed by atoms with Crippen LogP contribution >= 0.6 is 0 Å². The first-order valence-electron chi connectivity index (χ1n) is 4.93. The maximum absolute atomic E-state index is 11.7. The van der Waals surface area contributed by atoms with Crippen LogP contribution in [0.15, 0.2) is 24.3 Å². The molecule has 0 saturated carbocycles. The molecule has 0 aromatic heterocycles. The van der Waals surface area contributed by atoms with Crippen LogP contribution in [0.5, 0.6) is 0 Å². The first-order chi connectivity index (χ1) is 6.63. The lowest BCUT2D eigenvalue weighted by Gasteiger charge is -2.06. The molecule has 0 radical (unpaired) electrons. The van der Waals surface area contributed by atoms with Crippen molar-refractivity contribution in [3.63, 3.8) is 0 Å². The van der Waals surface area contributed by atoms with Crippen molar-refractivity contribution < 1.29 is 4.79 Å². The quantitative estimate of drug-likeness (QED) is 0.741. The molecule has 76 valence electrons. The molecule has 0 aliphatic carbocycles. The van der Waals surface area contributed by atoms with Crippen LogP contribution in [0.2, 0.25) is 0 Å².